The van der Waals surface area contributed by atoms with Crippen molar-refractivity contribution in [1.82, 2.24) is 5.32 Å². The number of nitrogens with one attached hydrogen (secondary N) is 1. The summed E-state index contributed by atoms with van der Waals surface area (Å²) in [6.45, 7) is 2.50. The zero-order valence-electron chi connectivity index (χ0n) is 10.6. The number of hydrogen-bond donors (Lipinski definition) is 1. The van der Waals surface area contributed by atoms with Gasteiger partial charge in [-0.2, -0.15) is 5.26 Å². The van der Waals surface area contributed by atoms with Crippen LogP contribution in [0.5, 0.6) is 5.75 Å². The van der Waals surface area contributed by atoms with Crippen molar-refractivity contribution in [2.75, 3.05) is 20.3 Å². The first-order valence-corrected chi connectivity index (χ1v) is 6.23. The van der Waals surface area contributed by atoms with E-state index in [0.717, 1.165) is 38.1 Å². The van der Waals surface area contributed by atoms with Crippen LogP contribution in [0.25, 0.3) is 0 Å². The van der Waals surface area contributed by atoms with Gasteiger partial charge in [-0.15, -0.1) is 0 Å². The lowest BCUT2D eigenvalue weighted by molar-refractivity contribution is 0.110. The summed E-state index contributed by atoms with van der Waals surface area (Å²) >= 11 is 0. The van der Waals surface area contributed by atoms with Gasteiger partial charge in [-0.05, 0) is 30.5 Å². The molecule has 0 aromatic heterocycles. The molecule has 1 fully saturated rings. The van der Waals surface area contributed by atoms with Crippen LogP contribution in [0.4, 0.5) is 0 Å². The first-order chi connectivity index (χ1) is 8.83. The van der Waals surface area contributed by atoms with Crippen molar-refractivity contribution in [3.63, 3.8) is 0 Å². The molecule has 0 bridgehead atoms. The molecule has 1 atom stereocenters. The van der Waals surface area contributed by atoms with E-state index in [1.807, 2.05) is 18.2 Å². The summed E-state index contributed by atoms with van der Waals surface area (Å²) in [5.74, 6) is 0.625. The molecule has 1 aromatic carbocycles. The fourth-order valence-electron chi connectivity index (χ4n) is 2.14. The Kier molecular flexibility index (Phi) is 4.57. The maximum atomic E-state index is 9.00. The van der Waals surface area contributed by atoms with Crippen molar-refractivity contribution < 1.29 is 9.47 Å². The van der Waals surface area contributed by atoms with E-state index in [1.165, 1.54) is 0 Å². The molecule has 4 heteroatoms. The Morgan fingerprint density at radius 3 is 3.11 bits per heavy atom. The number of nitrogens with zero attached hydrogens (tertiary/aromatic N) is 1. The maximum Gasteiger partial charge on any atom is 0.136 e. The molecule has 1 heterocycles. The zero-order valence-corrected chi connectivity index (χ0v) is 10.6. The van der Waals surface area contributed by atoms with Crippen LogP contribution < -0.4 is 10.1 Å². The van der Waals surface area contributed by atoms with Gasteiger partial charge in [0.05, 0.1) is 18.8 Å². The molecule has 0 aliphatic carbocycles. The predicted molar refractivity (Wildman–Crippen MR) is 68.4 cm³/mol. The van der Waals surface area contributed by atoms with Crippen molar-refractivity contribution in [2.24, 2.45) is 0 Å². The molecule has 2 rings (SSSR count). The molecule has 1 N–H and O–H groups in total. The number of ether oxygens (including phenoxy) is 2. The minimum Gasteiger partial charge on any atom is -0.495 e. The van der Waals surface area contributed by atoms with Crippen LogP contribution in [0, 0.1) is 11.3 Å². The molecule has 0 spiro atoms. The van der Waals surface area contributed by atoms with Crippen LogP contribution in [-0.2, 0) is 11.3 Å². The fourth-order valence-corrected chi connectivity index (χ4v) is 2.14. The van der Waals surface area contributed by atoms with E-state index in [4.69, 9.17) is 14.7 Å². The molecular weight excluding hydrogens is 228 g/mol. The van der Waals surface area contributed by atoms with Crippen LogP contribution in [0.2, 0.25) is 0 Å². The van der Waals surface area contributed by atoms with Crippen molar-refractivity contribution in [3.05, 3.63) is 29.3 Å². The molecule has 1 aliphatic heterocycles. The minimum atomic E-state index is 0.346. The largest absolute Gasteiger partial charge is 0.495 e. The van der Waals surface area contributed by atoms with Gasteiger partial charge in [0, 0.05) is 19.7 Å². The molecule has 1 saturated heterocycles. The highest BCUT2D eigenvalue weighted by Gasteiger charge is 2.14. The van der Waals surface area contributed by atoms with Crippen LogP contribution in [0.15, 0.2) is 18.2 Å². The monoisotopic (exact) mass is 246 g/mol. The molecule has 4 nitrogen and oxygen atoms in total. The van der Waals surface area contributed by atoms with Gasteiger partial charge in [-0.1, -0.05) is 6.07 Å². The number of nitriles is 1. The summed E-state index contributed by atoms with van der Waals surface area (Å²) in [7, 11) is 1.57. The Labute approximate surface area is 108 Å². The molecule has 1 unspecified atom stereocenters. The van der Waals surface area contributed by atoms with Gasteiger partial charge in [0.25, 0.3) is 0 Å². The molecule has 1 aliphatic rings. The molecule has 0 saturated carbocycles. The molecule has 18 heavy (non-hydrogen) atoms. The van der Waals surface area contributed by atoms with Gasteiger partial charge in [-0.25, -0.2) is 0 Å². The lowest BCUT2D eigenvalue weighted by atomic mass is 10.1. The number of hydrogen-bond acceptors (Lipinski definition) is 4. The third-order valence-corrected chi connectivity index (χ3v) is 3.11. The number of methoxy groups -OCH3 is 1. The summed E-state index contributed by atoms with van der Waals surface area (Å²) in [6, 6.07) is 7.81. The smallest absolute Gasteiger partial charge is 0.136 e. The Hall–Kier alpha value is -1.57. The zero-order chi connectivity index (χ0) is 12.8. The van der Waals surface area contributed by atoms with Crippen LogP contribution in [-0.4, -0.2) is 26.4 Å². The van der Waals surface area contributed by atoms with Gasteiger partial charge >= 0.3 is 0 Å². The summed E-state index contributed by atoms with van der Waals surface area (Å²) in [5, 5.41) is 12.4. The maximum absolute atomic E-state index is 9.00. The first-order valence-electron chi connectivity index (χ1n) is 6.23. The Morgan fingerprint density at radius 2 is 2.44 bits per heavy atom. The second-order valence-electron chi connectivity index (χ2n) is 4.41. The van der Waals surface area contributed by atoms with Crippen molar-refractivity contribution in [1.29, 1.82) is 5.26 Å². The predicted octanol–water partition coefficient (Wildman–Crippen LogP) is 1.84. The lowest BCUT2D eigenvalue weighted by Gasteiger charge is -2.11. The quantitative estimate of drug-likeness (QED) is 0.861. The van der Waals surface area contributed by atoms with E-state index >= 15 is 0 Å². The molecule has 96 valence electrons. The van der Waals surface area contributed by atoms with E-state index in [-0.39, 0.29) is 0 Å². The average molecular weight is 246 g/mol. The standard InChI is InChI=1S/C14H18N2O2/c1-17-14-5-4-11(7-12(14)8-15)9-16-10-13-3-2-6-18-13/h4-5,7,13,16H,2-3,6,9-10H2,1H3. The second kappa shape index (κ2) is 6.39. The first kappa shape index (κ1) is 12.9. The van der Waals surface area contributed by atoms with Crippen molar-refractivity contribution in [3.8, 4) is 11.8 Å². The van der Waals surface area contributed by atoms with Gasteiger partial charge in [0.2, 0.25) is 0 Å². The summed E-state index contributed by atoms with van der Waals surface area (Å²) in [4.78, 5) is 0. The van der Waals surface area contributed by atoms with Gasteiger partial charge in [-0.3, -0.25) is 0 Å². The Bertz CT molecular complexity index is 434. The van der Waals surface area contributed by atoms with Gasteiger partial charge in [0.1, 0.15) is 11.8 Å². The SMILES string of the molecule is COc1ccc(CNCC2CCCO2)cc1C#N. The highest BCUT2D eigenvalue weighted by Crippen LogP contribution is 2.18. The summed E-state index contributed by atoms with van der Waals surface area (Å²) in [5.41, 5.74) is 1.67. The summed E-state index contributed by atoms with van der Waals surface area (Å²) < 4.78 is 10.7. The van der Waals surface area contributed by atoms with Crippen LogP contribution >= 0.6 is 0 Å². The molecular formula is C14H18N2O2. The van der Waals surface area contributed by atoms with Crippen LogP contribution in [0.3, 0.4) is 0 Å². The van der Waals surface area contributed by atoms with E-state index in [0.29, 0.717) is 17.4 Å². The average Bonchev–Trinajstić information content (AvgIpc) is 2.91. The Morgan fingerprint density at radius 1 is 1.56 bits per heavy atom. The third kappa shape index (κ3) is 3.22. The van der Waals surface area contributed by atoms with E-state index in [2.05, 4.69) is 11.4 Å². The lowest BCUT2D eigenvalue weighted by Crippen LogP contribution is -2.25. The Balaban J connectivity index is 1.87. The number of benzene rings is 1. The van der Waals surface area contributed by atoms with Crippen molar-refractivity contribution in [2.45, 2.75) is 25.5 Å². The highest BCUT2D eigenvalue weighted by molar-refractivity contribution is 5.45. The fraction of sp³-hybridized carbons (Fsp3) is 0.500. The van der Waals surface area contributed by atoms with Crippen molar-refractivity contribution >= 4 is 0 Å². The third-order valence-electron chi connectivity index (χ3n) is 3.11. The van der Waals surface area contributed by atoms with E-state index in [1.54, 1.807) is 7.11 Å². The molecule has 0 radical (unpaired) electrons. The van der Waals surface area contributed by atoms with E-state index in [9.17, 15) is 0 Å². The highest BCUT2D eigenvalue weighted by atomic mass is 16.5. The second-order valence-corrected chi connectivity index (χ2v) is 4.41. The summed E-state index contributed by atoms with van der Waals surface area (Å²) in [6.07, 6.45) is 2.64. The van der Waals surface area contributed by atoms with Gasteiger partial charge in [0.15, 0.2) is 0 Å². The number of rotatable bonds is 5. The van der Waals surface area contributed by atoms with Gasteiger partial charge < -0.3 is 14.8 Å². The normalized spacial score (nSPS) is 18.6. The molecule has 0 amide bonds. The topological polar surface area (TPSA) is 54.3 Å². The minimum absolute atomic E-state index is 0.346. The van der Waals surface area contributed by atoms with Crippen LogP contribution in [0.1, 0.15) is 24.0 Å². The van der Waals surface area contributed by atoms with E-state index < -0.39 is 0 Å². The molecule has 1 aromatic rings.